The van der Waals surface area contributed by atoms with Gasteiger partial charge in [0.25, 0.3) is 11.2 Å². The van der Waals surface area contributed by atoms with Crippen molar-refractivity contribution in [3.63, 3.8) is 0 Å². The van der Waals surface area contributed by atoms with E-state index in [4.69, 9.17) is 9.73 Å². The number of thiazole rings is 1. The van der Waals surface area contributed by atoms with Crippen LogP contribution in [0.5, 0.6) is 11.5 Å². The summed E-state index contributed by atoms with van der Waals surface area (Å²) in [6.45, 7) is 0. The molecule has 2 aliphatic rings. The molecule has 6 rings (SSSR count). The highest BCUT2D eigenvalue weighted by Crippen LogP contribution is 2.43. The average Bonchev–Trinajstić information content (AvgIpc) is 3.24. The van der Waals surface area contributed by atoms with Gasteiger partial charge in [-0.25, -0.2) is 4.99 Å². The quantitative estimate of drug-likeness (QED) is 0.274. The van der Waals surface area contributed by atoms with Gasteiger partial charge in [0.2, 0.25) is 0 Å². The molecule has 10 heteroatoms. The Morgan fingerprint density at radius 1 is 1.18 bits per heavy atom. The number of ether oxygens (including phenoxy) is 1. The fourth-order valence-electron chi connectivity index (χ4n) is 5.15. The Bertz CT molecular complexity index is 1860. The maximum atomic E-state index is 13.9. The second kappa shape index (κ2) is 9.38. The summed E-state index contributed by atoms with van der Waals surface area (Å²) in [7, 11) is 1.61. The van der Waals surface area contributed by atoms with E-state index in [0.29, 0.717) is 15.1 Å². The molecule has 1 N–H and O–H groups in total. The highest BCUT2D eigenvalue weighted by atomic mass is 79.9. The summed E-state index contributed by atoms with van der Waals surface area (Å²) in [5.41, 5.74) is 4.67. The fourth-order valence-corrected chi connectivity index (χ4v) is 6.61. The van der Waals surface area contributed by atoms with E-state index in [1.165, 1.54) is 35.1 Å². The Balaban J connectivity index is 1.65. The number of aryl methyl sites for hydroxylation is 1. The van der Waals surface area contributed by atoms with Crippen LogP contribution < -0.4 is 19.6 Å². The van der Waals surface area contributed by atoms with Crippen LogP contribution in [0.3, 0.4) is 0 Å². The predicted molar refractivity (Wildman–Crippen MR) is 148 cm³/mol. The van der Waals surface area contributed by atoms with E-state index in [1.807, 2.05) is 36.4 Å². The van der Waals surface area contributed by atoms with Crippen LogP contribution in [0.1, 0.15) is 34.7 Å². The lowest BCUT2D eigenvalue weighted by Crippen LogP contribution is -2.39. The highest BCUT2D eigenvalue weighted by Gasteiger charge is 2.34. The summed E-state index contributed by atoms with van der Waals surface area (Å²) in [4.78, 5) is 30.3. The van der Waals surface area contributed by atoms with Gasteiger partial charge in [-0.3, -0.25) is 19.5 Å². The number of methoxy groups -OCH3 is 1. The van der Waals surface area contributed by atoms with Crippen LogP contribution >= 0.6 is 27.3 Å². The minimum atomic E-state index is -0.545. The van der Waals surface area contributed by atoms with E-state index in [1.54, 1.807) is 11.7 Å². The molecule has 38 heavy (non-hydrogen) atoms. The molecule has 0 bridgehead atoms. The van der Waals surface area contributed by atoms with Gasteiger partial charge in [0.05, 0.1) is 32.8 Å². The molecule has 0 fully saturated rings. The van der Waals surface area contributed by atoms with Crippen molar-refractivity contribution in [2.24, 2.45) is 4.99 Å². The van der Waals surface area contributed by atoms with E-state index < -0.39 is 11.0 Å². The molecule has 2 heterocycles. The normalized spacial score (nSPS) is 16.4. The molecule has 0 unspecified atom stereocenters. The molecule has 8 nitrogen and oxygen atoms in total. The Labute approximate surface area is 228 Å². The standard InChI is InChI=1S/C28H20BrN3O5S/c1-37-22-9-5-4-8-19(22)25-20-11-10-15-6-2-3-7-18(15)24(20)30-28-31(25)27(34)23(38-28)13-16-12-17(32(35)36)14-21(29)26(16)33/h2-9,12-14,25,33H,10-11H2,1H3/b23-13-/t25-/m1/s1. The number of benzene rings is 3. The number of aromatic hydroxyl groups is 1. The van der Waals surface area contributed by atoms with E-state index in [-0.39, 0.29) is 27.0 Å². The second-order valence-corrected chi connectivity index (χ2v) is 10.8. The van der Waals surface area contributed by atoms with Gasteiger partial charge in [0, 0.05) is 28.8 Å². The molecule has 4 aromatic rings. The first-order valence-corrected chi connectivity index (χ1v) is 13.4. The number of nitro benzene ring substituents is 1. The van der Waals surface area contributed by atoms with E-state index in [2.05, 4.69) is 28.1 Å². The average molecular weight is 590 g/mol. The number of halogens is 1. The maximum Gasteiger partial charge on any atom is 0.271 e. The van der Waals surface area contributed by atoms with E-state index in [9.17, 15) is 20.0 Å². The van der Waals surface area contributed by atoms with Crippen LogP contribution in [0.15, 0.2) is 80.5 Å². The van der Waals surface area contributed by atoms with Crippen molar-refractivity contribution in [2.45, 2.75) is 18.9 Å². The lowest BCUT2D eigenvalue weighted by Gasteiger charge is -2.31. The first kappa shape index (κ1) is 24.3. The molecule has 0 saturated heterocycles. The summed E-state index contributed by atoms with van der Waals surface area (Å²) in [6, 6.07) is 17.8. The minimum absolute atomic E-state index is 0.166. The molecule has 1 aliphatic carbocycles. The van der Waals surface area contributed by atoms with Crippen molar-refractivity contribution in [3.05, 3.63) is 123 Å². The molecule has 1 aliphatic heterocycles. The Kier molecular flexibility index (Phi) is 6.00. The first-order valence-electron chi connectivity index (χ1n) is 11.8. The third kappa shape index (κ3) is 3.88. The van der Waals surface area contributed by atoms with Gasteiger partial charge in [-0.15, -0.1) is 0 Å². The molecule has 0 saturated carbocycles. The van der Waals surface area contributed by atoms with Crippen molar-refractivity contribution in [2.75, 3.05) is 7.11 Å². The largest absolute Gasteiger partial charge is 0.506 e. The minimum Gasteiger partial charge on any atom is -0.506 e. The van der Waals surface area contributed by atoms with Gasteiger partial charge < -0.3 is 9.84 Å². The van der Waals surface area contributed by atoms with E-state index in [0.717, 1.165) is 35.2 Å². The topological polar surface area (TPSA) is 107 Å². The molecule has 0 amide bonds. The van der Waals surface area contributed by atoms with Gasteiger partial charge in [-0.2, -0.15) is 0 Å². The SMILES string of the molecule is COc1ccccc1[C@@H]1C2=C(N=c3s/c(=C\c4cc([N+](=O)[O-])cc(Br)c4O)c(=O)n31)c1ccccc1CC2. The molecule has 190 valence electrons. The molecule has 0 radical (unpaired) electrons. The van der Waals surface area contributed by atoms with Crippen molar-refractivity contribution in [3.8, 4) is 11.5 Å². The highest BCUT2D eigenvalue weighted by molar-refractivity contribution is 9.10. The number of phenols is 1. The number of hydrogen-bond donors (Lipinski definition) is 1. The molecule has 0 spiro atoms. The van der Waals surface area contributed by atoms with Crippen LogP contribution in [0, 0.1) is 10.1 Å². The summed E-state index contributed by atoms with van der Waals surface area (Å²) in [5, 5.41) is 22.0. The number of fused-ring (bicyclic) bond motifs is 3. The number of aromatic nitrogens is 1. The van der Waals surface area contributed by atoms with Crippen LogP contribution in [0.2, 0.25) is 0 Å². The number of phenolic OH excluding ortho intramolecular Hbond substituents is 1. The number of allylic oxidation sites excluding steroid dienone is 1. The van der Waals surface area contributed by atoms with Crippen LogP contribution in [-0.2, 0) is 6.42 Å². The van der Waals surface area contributed by atoms with Gasteiger partial charge in [-0.05, 0) is 52.1 Å². The first-order chi connectivity index (χ1) is 18.4. The monoisotopic (exact) mass is 589 g/mol. The van der Waals surface area contributed by atoms with E-state index >= 15 is 0 Å². The van der Waals surface area contributed by atoms with Crippen LogP contribution in [0.25, 0.3) is 11.8 Å². The van der Waals surface area contributed by atoms with Gasteiger partial charge in [0.1, 0.15) is 11.5 Å². The van der Waals surface area contributed by atoms with Crippen LogP contribution in [0.4, 0.5) is 5.69 Å². The number of non-ortho nitro benzene ring substituents is 1. The Morgan fingerprint density at radius 2 is 1.95 bits per heavy atom. The summed E-state index contributed by atoms with van der Waals surface area (Å²) in [5.74, 6) is 0.482. The lowest BCUT2D eigenvalue weighted by molar-refractivity contribution is -0.385. The molecular weight excluding hydrogens is 570 g/mol. The van der Waals surface area contributed by atoms with Crippen LogP contribution in [-0.4, -0.2) is 21.7 Å². The summed E-state index contributed by atoms with van der Waals surface area (Å²) in [6.07, 6.45) is 3.05. The molecule has 1 atom stereocenters. The Morgan fingerprint density at radius 3 is 2.74 bits per heavy atom. The molecule has 3 aromatic carbocycles. The lowest BCUT2D eigenvalue weighted by atomic mass is 9.83. The fraction of sp³-hybridized carbons (Fsp3) is 0.143. The Hall–Kier alpha value is -4.02. The zero-order valence-electron chi connectivity index (χ0n) is 20.1. The summed E-state index contributed by atoms with van der Waals surface area (Å²) < 4.78 is 7.84. The summed E-state index contributed by atoms with van der Waals surface area (Å²) >= 11 is 4.36. The maximum absolute atomic E-state index is 13.9. The van der Waals surface area contributed by atoms with Crippen molar-refractivity contribution in [1.29, 1.82) is 0 Å². The molecular formula is C28H20BrN3O5S. The predicted octanol–water partition coefficient (Wildman–Crippen LogP) is 4.70. The zero-order chi connectivity index (χ0) is 26.6. The second-order valence-electron chi connectivity index (χ2n) is 8.98. The number of hydrogen-bond acceptors (Lipinski definition) is 7. The van der Waals surface area contributed by atoms with Gasteiger partial charge in [-0.1, -0.05) is 53.8 Å². The van der Waals surface area contributed by atoms with Gasteiger partial charge in [0.15, 0.2) is 4.80 Å². The third-order valence-corrected chi connectivity index (χ3v) is 8.47. The molecule has 1 aromatic heterocycles. The van der Waals surface area contributed by atoms with Crippen molar-refractivity contribution >= 4 is 44.7 Å². The smallest absolute Gasteiger partial charge is 0.271 e. The van der Waals surface area contributed by atoms with Gasteiger partial charge >= 0.3 is 0 Å². The van der Waals surface area contributed by atoms with Crippen molar-refractivity contribution in [1.82, 2.24) is 4.57 Å². The number of rotatable bonds is 4. The number of nitrogens with zero attached hydrogens (tertiary/aromatic N) is 3. The number of para-hydroxylation sites is 1. The number of nitro groups is 1. The van der Waals surface area contributed by atoms with Crippen molar-refractivity contribution < 1.29 is 14.8 Å². The zero-order valence-corrected chi connectivity index (χ0v) is 22.5. The third-order valence-electron chi connectivity index (χ3n) is 6.88.